The van der Waals surface area contributed by atoms with Crippen LogP contribution >= 0.6 is 11.3 Å². The van der Waals surface area contributed by atoms with E-state index in [1.165, 1.54) is 6.92 Å². The van der Waals surface area contributed by atoms with Gasteiger partial charge in [-0.25, -0.2) is 4.79 Å². The van der Waals surface area contributed by atoms with Crippen molar-refractivity contribution in [3.63, 3.8) is 0 Å². The Hall–Kier alpha value is -3.87. The highest BCUT2D eigenvalue weighted by atomic mass is 32.1. The van der Waals surface area contributed by atoms with Gasteiger partial charge in [-0.1, -0.05) is 0 Å². The molecule has 0 fully saturated rings. The predicted molar refractivity (Wildman–Crippen MR) is 115 cm³/mol. The van der Waals surface area contributed by atoms with Crippen molar-refractivity contribution in [3.05, 3.63) is 60.0 Å². The fourth-order valence-corrected chi connectivity index (χ4v) is 3.80. The van der Waals surface area contributed by atoms with Crippen LogP contribution in [0.5, 0.6) is 0 Å². The molecule has 1 aromatic carbocycles. The highest BCUT2D eigenvalue weighted by molar-refractivity contribution is 7.18. The first-order valence-electron chi connectivity index (χ1n) is 9.32. The third kappa shape index (κ3) is 5.43. The maximum atomic E-state index is 12.8. The number of nitrogens with zero attached hydrogens (tertiary/aromatic N) is 2. The number of amides is 2. The summed E-state index contributed by atoms with van der Waals surface area (Å²) in [6, 6.07) is 2.29. The minimum atomic E-state index is -0.931. The van der Waals surface area contributed by atoms with Crippen LogP contribution in [0.15, 0.2) is 18.2 Å². The van der Waals surface area contributed by atoms with E-state index < -0.39 is 39.0 Å². The Balaban J connectivity index is 2.52. The largest absolute Gasteiger partial charge is 0.462 e. The number of non-ortho nitro benzene ring substituents is 2. The van der Waals surface area contributed by atoms with Gasteiger partial charge in [0.1, 0.15) is 5.00 Å². The van der Waals surface area contributed by atoms with Crippen molar-refractivity contribution < 1.29 is 29.0 Å². The molecule has 0 atom stereocenters. The van der Waals surface area contributed by atoms with Gasteiger partial charge in [0, 0.05) is 18.2 Å². The molecular formula is C19H20N4O8S. The summed E-state index contributed by atoms with van der Waals surface area (Å²) in [6.45, 7) is 6.67. The normalized spacial score (nSPS) is 10.5. The Morgan fingerprint density at radius 1 is 1.06 bits per heavy atom. The van der Waals surface area contributed by atoms with Crippen LogP contribution in [0.3, 0.4) is 0 Å². The second-order valence-corrected chi connectivity index (χ2v) is 7.84. The van der Waals surface area contributed by atoms with E-state index in [9.17, 15) is 34.6 Å². The van der Waals surface area contributed by atoms with Gasteiger partial charge in [-0.3, -0.25) is 29.8 Å². The molecule has 0 bridgehead atoms. The van der Waals surface area contributed by atoms with Crippen LogP contribution < -0.4 is 10.6 Å². The number of carbonyl (C=O) groups excluding carboxylic acids is 3. The fourth-order valence-electron chi connectivity index (χ4n) is 2.71. The number of rotatable bonds is 8. The molecule has 1 heterocycles. The van der Waals surface area contributed by atoms with Gasteiger partial charge in [-0.05, 0) is 33.3 Å². The van der Waals surface area contributed by atoms with Gasteiger partial charge in [-0.15, -0.1) is 11.3 Å². The third-order valence-corrected chi connectivity index (χ3v) is 5.27. The molecule has 0 saturated heterocycles. The van der Waals surface area contributed by atoms with Gasteiger partial charge in [0.25, 0.3) is 23.2 Å². The monoisotopic (exact) mass is 464 g/mol. The summed E-state index contributed by atoms with van der Waals surface area (Å²) < 4.78 is 5.02. The molecule has 0 spiro atoms. The molecule has 2 aromatic rings. The second-order valence-electron chi connectivity index (χ2n) is 6.82. The summed E-state index contributed by atoms with van der Waals surface area (Å²) in [4.78, 5) is 58.3. The zero-order valence-corrected chi connectivity index (χ0v) is 18.4. The number of nitro groups is 2. The van der Waals surface area contributed by atoms with E-state index in [4.69, 9.17) is 4.74 Å². The molecule has 12 nitrogen and oxygen atoms in total. The number of hydrogen-bond acceptors (Lipinski definition) is 9. The molecule has 0 unspecified atom stereocenters. The van der Waals surface area contributed by atoms with E-state index in [1.54, 1.807) is 20.8 Å². The molecule has 0 aliphatic heterocycles. The number of ether oxygens (including phenoxy) is 1. The van der Waals surface area contributed by atoms with Gasteiger partial charge < -0.3 is 15.4 Å². The summed E-state index contributed by atoms with van der Waals surface area (Å²) in [5.41, 5.74) is -1.41. The number of esters is 1. The maximum Gasteiger partial charge on any atom is 0.341 e. The molecule has 0 aliphatic rings. The molecule has 0 aliphatic carbocycles. The lowest BCUT2D eigenvalue weighted by molar-refractivity contribution is -0.394. The quantitative estimate of drug-likeness (QED) is 0.340. The Morgan fingerprint density at radius 2 is 1.62 bits per heavy atom. The lowest BCUT2D eigenvalue weighted by atomic mass is 10.1. The van der Waals surface area contributed by atoms with Crippen LogP contribution in [0, 0.1) is 27.2 Å². The van der Waals surface area contributed by atoms with Gasteiger partial charge in [-0.2, -0.15) is 0 Å². The van der Waals surface area contributed by atoms with Gasteiger partial charge >= 0.3 is 5.97 Å². The van der Waals surface area contributed by atoms with E-state index in [0.29, 0.717) is 0 Å². The first kappa shape index (κ1) is 24.4. The molecule has 0 radical (unpaired) electrons. The summed E-state index contributed by atoms with van der Waals surface area (Å²) in [5, 5.41) is 27.3. The highest BCUT2D eigenvalue weighted by Crippen LogP contribution is 2.34. The number of nitrogens with one attached hydrogen (secondary N) is 2. The fraction of sp³-hybridized carbons (Fsp3) is 0.316. The van der Waals surface area contributed by atoms with Crippen LogP contribution in [-0.2, 0) is 4.74 Å². The average Bonchev–Trinajstić information content (AvgIpc) is 3.03. The summed E-state index contributed by atoms with van der Waals surface area (Å²) in [5.74, 6) is -2.16. The van der Waals surface area contributed by atoms with Gasteiger partial charge in [0.15, 0.2) is 0 Å². The Bertz CT molecular complexity index is 1080. The number of nitro benzene ring substituents is 2. The minimum Gasteiger partial charge on any atom is -0.462 e. The standard InChI is InChI=1S/C19H20N4O8S/c1-5-31-19(26)14-10(4)15(17(25)20-9(2)3)32-18(14)21-16(24)11-6-12(22(27)28)8-13(7-11)23(29)30/h6-9H,5H2,1-4H3,(H,20,25)(H,21,24). The Labute approximate surface area is 185 Å². The summed E-state index contributed by atoms with van der Waals surface area (Å²) >= 11 is 0.822. The van der Waals surface area contributed by atoms with Crippen molar-refractivity contribution in [1.29, 1.82) is 0 Å². The van der Waals surface area contributed by atoms with Crippen molar-refractivity contribution in [2.24, 2.45) is 0 Å². The smallest absolute Gasteiger partial charge is 0.341 e. The molecule has 0 saturated carbocycles. The molecule has 32 heavy (non-hydrogen) atoms. The van der Waals surface area contributed by atoms with Crippen LogP contribution in [0.2, 0.25) is 0 Å². The van der Waals surface area contributed by atoms with E-state index in [2.05, 4.69) is 10.6 Å². The van der Waals surface area contributed by atoms with E-state index >= 15 is 0 Å². The molecule has 2 N–H and O–H groups in total. The molecule has 1 aromatic heterocycles. The Kier molecular flexibility index (Phi) is 7.59. The molecular weight excluding hydrogens is 444 g/mol. The number of hydrogen-bond donors (Lipinski definition) is 2. The second kappa shape index (κ2) is 9.96. The van der Waals surface area contributed by atoms with Crippen molar-refractivity contribution in [2.45, 2.75) is 33.7 Å². The lowest BCUT2D eigenvalue weighted by Crippen LogP contribution is -2.29. The van der Waals surface area contributed by atoms with Crippen molar-refractivity contribution >= 4 is 45.5 Å². The van der Waals surface area contributed by atoms with Gasteiger partial charge in [0.05, 0.1) is 38.5 Å². The average molecular weight is 464 g/mol. The third-order valence-electron chi connectivity index (χ3n) is 4.07. The van der Waals surface area contributed by atoms with Crippen LogP contribution in [-0.4, -0.2) is 40.3 Å². The number of carbonyl (C=O) groups is 3. The summed E-state index contributed by atoms with van der Waals surface area (Å²) in [7, 11) is 0. The Morgan fingerprint density at radius 3 is 2.09 bits per heavy atom. The summed E-state index contributed by atoms with van der Waals surface area (Å²) in [6.07, 6.45) is 0. The number of benzene rings is 1. The van der Waals surface area contributed by atoms with E-state index in [-0.39, 0.29) is 39.2 Å². The first-order chi connectivity index (χ1) is 15.0. The maximum absolute atomic E-state index is 12.8. The van der Waals surface area contributed by atoms with Crippen molar-refractivity contribution in [2.75, 3.05) is 11.9 Å². The van der Waals surface area contributed by atoms with Crippen LogP contribution in [0.25, 0.3) is 0 Å². The van der Waals surface area contributed by atoms with Crippen molar-refractivity contribution in [3.8, 4) is 0 Å². The van der Waals surface area contributed by atoms with Gasteiger partial charge in [0.2, 0.25) is 0 Å². The lowest BCUT2D eigenvalue weighted by Gasteiger charge is -2.08. The molecule has 2 rings (SSSR count). The zero-order valence-electron chi connectivity index (χ0n) is 17.6. The SMILES string of the molecule is CCOC(=O)c1c(NC(=O)c2cc([N+](=O)[O-])cc([N+](=O)[O-])c2)sc(C(=O)NC(C)C)c1C. The molecule has 170 valence electrons. The van der Waals surface area contributed by atoms with E-state index in [0.717, 1.165) is 29.5 Å². The van der Waals surface area contributed by atoms with Crippen molar-refractivity contribution in [1.82, 2.24) is 5.32 Å². The number of anilines is 1. The highest BCUT2D eigenvalue weighted by Gasteiger charge is 2.28. The first-order valence-corrected chi connectivity index (χ1v) is 10.1. The molecule has 13 heteroatoms. The molecule has 2 amide bonds. The minimum absolute atomic E-state index is 0.0194. The van der Waals surface area contributed by atoms with Crippen LogP contribution in [0.1, 0.15) is 56.7 Å². The topological polar surface area (TPSA) is 171 Å². The van der Waals surface area contributed by atoms with E-state index in [1.807, 2.05) is 0 Å². The van der Waals surface area contributed by atoms with Crippen LogP contribution in [0.4, 0.5) is 16.4 Å². The number of thiophene rings is 1. The predicted octanol–water partition coefficient (Wildman–Crippen LogP) is 3.44. The zero-order chi connectivity index (χ0) is 24.2.